The Balaban J connectivity index is 2.30. The molecule has 1 heterocycles. The van der Waals surface area contributed by atoms with Crippen molar-refractivity contribution >= 4 is 15.9 Å². The number of nitrogens with two attached hydrogens (primary N) is 1. The molecule has 0 fully saturated rings. The molecule has 1 aromatic rings. The van der Waals surface area contributed by atoms with E-state index < -0.39 is 0 Å². The van der Waals surface area contributed by atoms with Gasteiger partial charge >= 0.3 is 0 Å². The van der Waals surface area contributed by atoms with Crippen molar-refractivity contribution in [2.45, 2.75) is 12.5 Å². The highest BCUT2D eigenvalue weighted by Gasteiger charge is 2.20. The van der Waals surface area contributed by atoms with Crippen LogP contribution in [0.1, 0.15) is 5.56 Å². The van der Waals surface area contributed by atoms with Crippen LogP contribution in [0.2, 0.25) is 0 Å². The van der Waals surface area contributed by atoms with Crippen molar-refractivity contribution in [1.29, 1.82) is 0 Å². The lowest BCUT2D eigenvalue weighted by molar-refractivity contribution is 0.241. The predicted molar refractivity (Wildman–Crippen MR) is 51.3 cm³/mol. The van der Waals surface area contributed by atoms with Gasteiger partial charge < -0.3 is 10.5 Å². The molecule has 0 spiro atoms. The van der Waals surface area contributed by atoms with Crippen molar-refractivity contribution in [3.8, 4) is 5.75 Å². The zero-order valence-corrected chi connectivity index (χ0v) is 8.17. The van der Waals surface area contributed by atoms with Crippen molar-refractivity contribution in [3.63, 3.8) is 0 Å². The summed E-state index contributed by atoms with van der Waals surface area (Å²) < 4.78 is 6.66. The molecule has 3 heteroatoms. The number of halogens is 1. The number of hydrogen-bond acceptors (Lipinski definition) is 2. The van der Waals surface area contributed by atoms with E-state index in [9.17, 15) is 0 Å². The highest BCUT2D eigenvalue weighted by atomic mass is 79.9. The molecule has 2 rings (SSSR count). The number of benzene rings is 1. The van der Waals surface area contributed by atoms with Crippen LogP contribution in [-0.4, -0.2) is 12.6 Å². The fraction of sp³-hybridized carbons (Fsp3) is 0.333. The maximum atomic E-state index is 5.57. The van der Waals surface area contributed by atoms with Crippen LogP contribution in [0.3, 0.4) is 0 Å². The van der Waals surface area contributed by atoms with Crippen LogP contribution in [0.15, 0.2) is 22.7 Å². The number of rotatable bonds is 1. The molecule has 1 aliphatic heterocycles. The van der Waals surface area contributed by atoms with Gasteiger partial charge in [0.05, 0.1) is 0 Å². The molecule has 0 amide bonds. The van der Waals surface area contributed by atoms with Gasteiger partial charge in [0.25, 0.3) is 0 Å². The van der Waals surface area contributed by atoms with Crippen molar-refractivity contribution < 1.29 is 4.74 Å². The number of ether oxygens (including phenoxy) is 1. The standard InChI is InChI=1S/C9H10BrNO/c10-7-1-2-9-6(3-7)4-8(5-11)12-9/h1-3,8H,4-5,11H2. The minimum atomic E-state index is 0.175. The molecule has 0 bridgehead atoms. The average molecular weight is 228 g/mol. The Bertz CT molecular complexity index is 301. The van der Waals surface area contributed by atoms with E-state index >= 15 is 0 Å². The summed E-state index contributed by atoms with van der Waals surface area (Å²) in [6.45, 7) is 0.590. The van der Waals surface area contributed by atoms with Crippen molar-refractivity contribution in [2.24, 2.45) is 5.73 Å². The van der Waals surface area contributed by atoms with E-state index in [-0.39, 0.29) is 6.10 Å². The summed E-state index contributed by atoms with van der Waals surface area (Å²) in [5.41, 5.74) is 6.76. The molecular weight excluding hydrogens is 218 g/mol. The molecule has 2 N–H and O–H groups in total. The fourth-order valence-electron chi connectivity index (χ4n) is 1.42. The first-order chi connectivity index (χ1) is 5.79. The molecule has 1 unspecified atom stereocenters. The molecule has 1 aromatic carbocycles. The largest absolute Gasteiger partial charge is 0.488 e. The lowest BCUT2D eigenvalue weighted by atomic mass is 10.1. The lowest BCUT2D eigenvalue weighted by Gasteiger charge is -2.05. The van der Waals surface area contributed by atoms with Crippen LogP contribution in [0, 0.1) is 0 Å². The molecular formula is C9H10BrNO. The molecule has 1 atom stereocenters. The molecule has 64 valence electrons. The molecule has 0 saturated carbocycles. The molecule has 0 aliphatic carbocycles. The first kappa shape index (κ1) is 8.08. The Morgan fingerprint density at radius 2 is 2.42 bits per heavy atom. The molecule has 2 nitrogen and oxygen atoms in total. The van der Waals surface area contributed by atoms with Crippen molar-refractivity contribution in [1.82, 2.24) is 0 Å². The Morgan fingerprint density at radius 3 is 3.17 bits per heavy atom. The van der Waals surface area contributed by atoms with Gasteiger partial charge in [-0.25, -0.2) is 0 Å². The summed E-state index contributed by atoms with van der Waals surface area (Å²) in [5.74, 6) is 0.980. The summed E-state index contributed by atoms with van der Waals surface area (Å²) in [6.07, 6.45) is 1.11. The fourth-order valence-corrected chi connectivity index (χ4v) is 1.83. The lowest BCUT2D eigenvalue weighted by Crippen LogP contribution is -2.24. The predicted octanol–water partition coefficient (Wildman–Crippen LogP) is 1.71. The SMILES string of the molecule is NCC1Cc2cc(Br)ccc2O1. The Kier molecular flexibility index (Phi) is 2.07. The Labute approximate surface area is 79.8 Å². The van der Waals surface area contributed by atoms with E-state index in [0.717, 1.165) is 16.6 Å². The first-order valence-corrected chi connectivity index (χ1v) is 4.74. The maximum Gasteiger partial charge on any atom is 0.123 e. The second-order valence-electron chi connectivity index (χ2n) is 2.93. The average Bonchev–Trinajstić information content (AvgIpc) is 2.46. The topological polar surface area (TPSA) is 35.2 Å². The molecule has 1 aliphatic rings. The van der Waals surface area contributed by atoms with Crippen LogP contribution >= 0.6 is 15.9 Å². The highest BCUT2D eigenvalue weighted by Crippen LogP contribution is 2.30. The van der Waals surface area contributed by atoms with Crippen LogP contribution in [0.5, 0.6) is 5.75 Å². The van der Waals surface area contributed by atoms with Gasteiger partial charge in [0.1, 0.15) is 11.9 Å². The van der Waals surface area contributed by atoms with Gasteiger partial charge in [0.15, 0.2) is 0 Å². The molecule has 0 saturated heterocycles. The van der Waals surface area contributed by atoms with Crippen LogP contribution < -0.4 is 10.5 Å². The van der Waals surface area contributed by atoms with Crippen LogP contribution in [0.25, 0.3) is 0 Å². The molecule has 0 radical (unpaired) electrons. The quantitative estimate of drug-likeness (QED) is 0.794. The third-order valence-electron chi connectivity index (χ3n) is 2.03. The Hall–Kier alpha value is -0.540. The minimum absolute atomic E-state index is 0.175. The maximum absolute atomic E-state index is 5.57. The monoisotopic (exact) mass is 227 g/mol. The Morgan fingerprint density at radius 1 is 1.58 bits per heavy atom. The van der Waals surface area contributed by atoms with E-state index in [4.69, 9.17) is 10.5 Å². The van der Waals surface area contributed by atoms with Crippen molar-refractivity contribution in [3.05, 3.63) is 28.2 Å². The van der Waals surface area contributed by atoms with E-state index in [0.29, 0.717) is 6.54 Å². The van der Waals surface area contributed by atoms with Crippen LogP contribution in [-0.2, 0) is 6.42 Å². The van der Waals surface area contributed by atoms with E-state index in [2.05, 4.69) is 22.0 Å². The smallest absolute Gasteiger partial charge is 0.123 e. The zero-order chi connectivity index (χ0) is 8.55. The summed E-state index contributed by atoms with van der Waals surface area (Å²) >= 11 is 3.42. The van der Waals surface area contributed by atoms with Gasteiger partial charge in [-0.3, -0.25) is 0 Å². The van der Waals surface area contributed by atoms with E-state index in [1.807, 2.05) is 12.1 Å². The summed E-state index contributed by atoms with van der Waals surface area (Å²) in [4.78, 5) is 0. The van der Waals surface area contributed by atoms with E-state index in [1.165, 1.54) is 5.56 Å². The summed E-state index contributed by atoms with van der Waals surface area (Å²) in [5, 5.41) is 0. The third-order valence-corrected chi connectivity index (χ3v) is 2.52. The van der Waals surface area contributed by atoms with Gasteiger partial charge in [0.2, 0.25) is 0 Å². The second-order valence-corrected chi connectivity index (χ2v) is 3.85. The van der Waals surface area contributed by atoms with Gasteiger partial charge in [-0.2, -0.15) is 0 Å². The van der Waals surface area contributed by atoms with Gasteiger partial charge in [-0.05, 0) is 23.8 Å². The van der Waals surface area contributed by atoms with Crippen LogP contribution in [0.4, 0.5) is 0 Å². The summed E-state index contributed by atoms with van der Waals surface area (Å²) in [6, 6.07) is 6.05. The van der Waals surface area contributed by atoms with Gasteiger partial charge in [-0.1, -0.05) is 15.9 Å². The van der Waals surface area contributed by atoms with Gasteiger partial charge in [-0.15, -0.1) is 0 Å². The number of hydrogen-bond donors (Lipinski definition) is 1. The van der Waals surface area contributed by atoms with Gasteiger partial charge in [0, 0.05) is 17.4 Å². The number of fused-ring (bicyclic) bond motifs is 1. The normalized spacial score (nSPS) is 20.3. The summed E-state index contributed by atoms with van der Waals surface area (Å²) in [7, 11) is 0. The molecule has 12 heavy (non-hydrogen) atoms. The van der Waals surface area contributed by atoms with Crippen molar-refractivity contribution in [2.75, 3.05) is 6.54 Å². The zero-order valence-electron chi connectivity index (χ0n) is 6.59. The third kappa shape index (κ3) is 1.34. The first-order valence-electron chi connectivity index (χ1n) is 3.95. The molecule has 0 aromatic heterocycles. The highest BCUT2D eigenvalue weighted by molar-refractivity contribution is 9.10. The second kappa shape index (κ2) is 3.07. The minimum Gasteiger partial charge on any atom is -0.488 e. The van der Waals surface area contributed by atoms with E-state index in [1.54, 1.807) is 0 Å².